The van der Waals surface area contributed by atoms with Crippen molar-refractivity contribution in [3.05, 3.63) is 107 Å². The first-order valence-corrected chi connectivity index (χ1v) is 16.4. The Hall–Kier alpha value is -4.10. The number of hydrogen-bond acceptors (Lipinski definition) is 6. The molecular formula is C32H31F4N5O3S. The quantitative estimate of drug-likeness (QED) is 0.258. The van der Waals surface area contributed by atoms with Crippen LogP contribution < -0.4 is 0 Å². The molecule has 4 heterocycles. The summed E-state index contributed by atoms with van der Waals surface area (Å²) in [5.41, 5.74) is 1.93. The molecule has 4 aromatic rings. The normalized spacial score (nSPS) is 19.2. The predicted molar refractivity (Wildman–Crippen MR) is 158 cm³/mol. The molecule has 1 amide bonds. The highest BCUT2D eigenvalue weighted by atomic mass is 32.2. The number of aromatic nitrogens is 3. The van der Waals surface area contributed by atoms with Gasteiger partial charge in [0.25, 0.3) is 11.8 Å². The Balaban J connectivity index is 1.24. The largest absolute Gasteiger partial charge is 0.332 e. The number of amides is 1. The smallest absolute Gasteiger partial charge is 0.273 e. The molecule has 0 aliphatic carbocycles. The van der Waals surface area contributed by atoms with E-state index in [0.29, 0.717) is 44.0 Å². The number of carbonyl (C=O) groups excluding carboxylic acids is 1. The number of hydrogen-bond donors (Lipinski definition) is 0. The molecule has 2 aliphatic rings. The molecule has 6 rings (SSSR count). The number of pyridine rings is 1. The fourth-order valence-corrected chi connectivity index (χ4v) is 6.84. The zero-order chi connectivity index (χ0) is 31.9. The third-order valence-corrected chi connectivity index (χ3v) is 9.70. The van der Waals surface area contributed by atoms with Gasteiger partial charge in [-0.15, -0.1) is 0 Å². The van der Waals surface area contributed by atoms with Crippen molar-refractivity contribution >= 4 is 15.7 Å². The van der Waals surface area contributed by atoms with E-state index in [9.17, 15) is 22.0 Å². The van der Waals surface area contributed by atoms with Crippen molar-refractivity contribution in [3.63, 3.8) is 0 Å². The average molecular weight is 642 g/mol. The minimum atomic E-state index is -3.29. The lowest BCUT2D eigenvalue weighted by molar-refractivity contribution is -0.00245. The molecule has 2 fully saturated rings. The molecule has 0 bridgehead atoms. The summed E-state index contributed by atoms with van der Waals surface area (Å²) in [6, 6.07) is 14.3. The molecule has 2 aromatic carbocycles. The van der Waals surface area contributed by atoms with Gasteiger partial charge in [-0.1, -0.05) is 24.3 Å². The Morgan fingerprint density at radius 2 is 1.60 bits per heavy atom. The minimum Gasteiger partial charge on any atom is -0.332 e. The maximum atomic E-state index is 15.2. The zero-order valence-corrected chi connectivity index (χ0v) is 25.2. The second-order valence-corrected chi connectivity index (χ2v) is 13.7. The topological polar surface area (TPSA) is 88.4 Å². The van der Waals surface area contributed by atoms with Gasteiger partial charge in [-0.05, 0) is 73.5 Å². The first-order chi connectivity index (χ1) is 21.4. The lowest BCUT2D eigenvalue weighted by Crippen LogP contribution is -2.35. The van der Waals surface area contributed by atoms with E-state index < -0.39 is 45.8 Å². The van der Waals surface area contributed by atoms with E-state index in [-0.39, 0.29) is 28.5 Å². The summed E-state index contributed by atoms with van der Waals surface area (Å²) in [7, 11) is -3.29. The molecule has 1 unspecified atom stereocenters. The predicted octanol–water partition coefficient (Wildman–Crippen LogP) is 5.20. The highest BCUT2D eigenvalue weighted by molar-refractivity contribution is 7.90. The SMILES string of the molecule is CS(=O)(=O)c1ccc(CN2CCC(c3c(C(=O)N4CC(c5ccc(F)cc5)C(F)(F)C4)cnn3-c3ccc(F)cn3)CC2)cc1. The highest BCUT2D eigenvalue weighted by Crippen LogP contribution is 2.42. The molecule has 0 spiro atoms. The second kappa shape index (κ2) is 12.0. The summed E-state index contributed by atoms with van der Waals surface area (Å²) < 4.78 is 82.6. The Morgan fingerprint density at radius 3 is 2.22 bits per heavy atom. The molecule has 2 aliphatic heterocycles. The minimum absolute atomic E-state index is 0.168. The van der Waals surface area contributed by atoms with E-state index >= 15 is 8.78 Å². The number of rotatable bonds is 7. The molecule has 8 nitrogen and oxygen atoms in total. The number of benzene rings is 2. The van der Waals surface area contributed by atoms with Crippen LogP contribution in [0.25, 0.3) is 5.82 Å². The lowest BCUT2D eigenvalue weighted by atomic mass is 9.90. The molecule has 0 radical (unpaired) electrons. The summed E-state index contributed by atoms with van der Waals surface area (Å²) in [6.45, 7) is 0.886. The summed E-state index contributed by atoms with van der Waals surface area (Å²) in [5, 5.41) is 4.41. The number of carbonyl (C=O) groups is 1. The molecule has 45 heavy (non-hydrogen) atoms. The van der Waals surface area contributed by atoms with Gasteiger partial charge < -0.3 is 4.90 Å². The van der Waals surface area contributed by atoms with E-state index in [2.05, 4.69) is 15.0 Å². The summed E-state index contributed by atoms with van der Waals surface area (Å²) in [5.74, 6) is -6.02. The summed E-state index contributed by atoms with van der Waals surface area (Å²) in [4.78, 5) is 21.6. The van der Waals surface area contributed by atoms with Crippen LogP contribution in [0, 0.1) is 11.6 Å². The molecule has 2 aromatic heterocycles. The molecule has 1 atom stereocenters. The van der Waals surface area contributed by atoms with Crippen molar-refractivity contribution in [2.24, 2.45) is 0 Å². The molecule has 2 saturated heterocycles. The summed E-state index contributed by atoms with van der Waals surface area (Å²) in [6.07, 6.45) is 4.83. The number of sulfone groups is 1. The van der Waals surface area contributed by atoms with Crippen LogP contribution in [0.15, 0.2) is 78.0 Å². The fraction of sp³-hybridized carbons (Fsp3) is 0.344. The van der Waals surface area contributed by atoms with Crippen molar-refractivity contribution in [1.29, 1.82) is 0 Å². The molecular weight excluding hydrogens is 610 g/mol. The van der Waals surface area contributed by atoms with Gasteiger partial charge in [0, 0.05) is 25.3 Å². The Labute approximate surface area is 258 Å². The van der Waals surface area contributed by atoms with Crippen LogP contribution in [-0.2, 0) is 16.4 Å². The number of likely N-dealkylation sites (tertiary alicyclic amines) is 2. The van der Waals surface area contributed by atoms with Gasteiger partial charge in [0.2, 0.25) is 0 Å². The van der Waals surface area contributed by atoms with Crippen LogP contribution in [0.4, 0.5) is 17.6 Å². The Bertz CT molecular complexity index is 1790. The molecule has 236 valence electrons. The number of alkyl halides is 2. The zero-order valence-electron chi connectivity index (χ0n) is 24.4. The van der Waals surface area contributed by atoms with E-state index in [1.807, 2.05) is 0 Å². The van der Waals surface area contributed by atoms with Crippen molar-refractivity contribution in [2.45, 2.75) is 42.0 Å². The standard InChI is InChI=1S/C32H31F4N5O3S/c1-45(43,44)26-9-2-21(3-10-26)18-39-14-12-23(13-15-39)30-27(17-38-41(30)29-11-8-25(34)16-37-29)31(42)40-19-28(32(35,36)20-40)22-4-6-24(33)7-5-22/h2-11,16-17,23,28H,12-15,18-20H2,1H3. The molecule has 0 saturated carbocycles. The Morgan fingerprint density at radius 1 is 0.933 bits per heavy atom. The third kappa shape index (κ3) is 6.50. The van der Waals surface area contributed by atoms with E-state index in [1.165, 1.54) is 35.1 Å². The number of halogens is 4. The van der Waals surface area contributed by atoms with Gasteiger partial charge in [0.15, 0.2) is 15.7 Å². The van der Waals surface area contributed by atoms with Gasteiger partial charge in [-0.25, -0.2) is 35.6 Å². The second-order valence-electron chi connectivity index (χ2n) is 11.7. The number of nitrogens with zero attached hydrogens (tertiary/aromatic N) is 5. The van der Waals surface area contributed by atoms with Crippen molar-refractivity contribution in [1.82, 2.24) is 24.6 Å². The van der Waals surface area contributed by atoms with Crippen LogP contribution in [0.3, 0.4) is 0 Å². The molecule has 0 N–H and O–H groups in total. The van der Waals surface area contributed by atoms with Crippen molar-refractivity contribution in [2.75, 3.05) is 32.4 Å². The van der Waals surface area contributed by atoms with Crippen LogP contribution >= 0.6 is 0 Å². The van der Waals surface area contributed by atoms with Crippen LogP contribution in [0.2, 0.25) is 0 Å². The average Bonchev–Trinajstić information content (AvgIpc) is 3.59. The van der Waals surface area contributed by atoms with Gasteiger partial charge in [-0.3, -0.25) is 9.69 Å². The van der Waals surface area contributed by atoms with Gasteiger partial charge >= 0.3 is 0 Å². The first-order valence-electron chi connectivity index (χ1n) is 14.5. The molecule has 13 heteroatoms. The van der Waals surface area contributed by atoms with Gasteiger partial charge in [0.1, 0.15) is 11.6 Å². The maximum Gasteiger partial charge on any atom is 0.273 e. The van der Waals surface area contributed by atoms with Gasteiger partial charge in [0.05, 0.1) is 41.0 Å². The summed E-state index contributed by atoms with van der Waals surface area (Å²) >= 11 is 0. The van der Waals surface area contributed by atoms with Crippen LogP contribution in [-0.4, -0.2) is 77.2 Å². The van der Waals surface area contributed by atoms with E-state index in [0.717, 1.165) is 35.0 Å². The van der Waals surface area contributed by atoms with Crippen molar-refractivity contribution in [3.8, 4) is 5.82 Å². The van der Waals surface area contributed by atoms with Gasteiger partial charge in [-0.2, -0.15) is 5.10 Å². The monoisotopic (exact) mass is 641 g/mol. The lowest BCUT2D eigenvalue weighted by Gasteiger charge is -2.33. The third-order valence-electron chi connectivity index (χ3n) is 8.57. The van der Waals surface area contributed by atoms with Crippen LogP contribution in [0.1, 0.15) is 51.9 Å². The maximum absolute atomic E-state index is 15.2. The van der Waals surface area contributed by atoms with Crippen LogP contribution in [0.5, 0.6) is 0 Å². The van der Waals surface area contributed by atoms with E-state index in [1.54, 1.807) is 24.3 Å². The van der Waals surface area contributed by atoms with Crippen molar-refractivity contribution < 1.29 is 30.8 Å². The first kappa shape index (κ1) is 30.9. The fourth-order valence-electron chi connectivity index (χ4n) is 6.21. The highest BCUT2D eigenvalue weighted by Gasteiger charge is 2.50. The number of piperidine rings is 1. The van der Waals surface area contributed by atoms with E-state index in [4.69, 9.17) is 0 Å². The Kier molecular flexibility index (Phi) is 8.25.